The number of carbonyl (C=O) groups excluding carboxylic acids is 1. The van der Waals surface area contributed by atoms with E-state index in [9.17, 15) is 14.9 Å². The van der Waals surface area contributed by atoms with E-state index in [2.05, 4.69) is 30.3 Å². The Hall–Kier alpha value is -3.30. The van der Waals surface area contributed by atoms with Gasteiger partial charge in [0.25, 0.3) is 11.6 Å². The molecule has 1 aliphatic heterocycles. The highest BCUT2D eigenvalue weighted by molar-refractivity contribution is 6.05. The maximum atomic E-state index is 12.5. The van der Waals surface area contributed by atoms with Gasteiger partial charge in [0.05, 0.1) is 10.4 Å². The molecule has 0 aliphatic carbocycles. The molecular weight excluding hydrogens is 350 g/mol. The number of aromatic nitrogens is 5. The van der Waals surface area contributed by atoms with Crippen LogP contribution in [0.2, 0.25) is 0 Å². The van der Waals surface area contributed by atoms with E-state index in [1.54, 1.807) is 6.07 Å². The lowest BCUT2D eigenvalue weighted by atomic mass is 10.2. The van der Waals surface area contributed by atoms with Gasteiger partial charge < -0.3 is 9.88 Å². The number of carbonyl (C=O) groups is 1. The number of H-pyrrole nitrogens is 1. The number of hydrogen-bond acceptors (Lipinski definition) is 6. The number of benzene rings is 1. The molecule has 1 aromatic carbocycles. The maximum absolute atomic E-state index is 12.5. The summed E-state index contributed by atoms with van der Waals surface area (Å²) in [6.07, 6.45) is 4.95. The number of hydrogen-bond donors (Lipinski definition) is 2. The van der Waals surface area contributed by atoms with E-state index in [0.29, 0.717) is 23.9 Å². The van der Waals surface area contributed by atoms with Crippen molar-refractivity contribution in [2.45, 2.75) is 38.6 Å². The van der Waals surface area contributed by atoms with E-state index in [-0.39, 0.29) is 17.3 Å². The van der Waals surface area contributed by atoms with Gasteiger partial charge in [0.1, 0.15) is 11.6 Å². The fourth-order valence-electron chi connectivity index (χ4n) is 3.39. The van der Waals surface area contributed by atoms with Crippen molar-refractivity contribution in [2.24, 2.45) is 0 Å². The molecule has 0 spiro atoms. The second-order valence-electron chi connectivity index (χ2n) is 6.56. The molecule has 140 valence electrons. The number of nitro groups is 1. The van der Waals surface area contributed by atoms with Gasteiger partial charge in [0, 0.05) is 43.5 Å². The average Bonchev–Trinajstić information content (AvgIpc) is 3.17. The van der Waals surface area contributed by atoms with Crippen molar-refractivity contribution in [1.82, 2.24) is 30.3 Å². The minimum atomic E-state index is -0.495. The van der Waals surface area contributed by atoms with Crippen LogP contribution in [-0.2, 0) is 19.4 Å². The van der Waals surface area contributed by atoms with Crippen LogP contribution in [0.1, 0.15) is 41.4 Å². The number of aryl methyl sites for hydroxylation is 1. The van der Waals surface area contributed by atoms with Crippen LogP contribution >= 0.6 is 0 Å². The number of nitrogens with one attached hydrogen (secondary N) is 2. The summed E-state index contributed by atoms with van der Waals surface area (Å²) in [5.74, 6) is 1.51. The SMILES string of the molecule is O=C(NCCc1nnc2n1CCCCC2)c1n[nH]c2ccc([N+](=O)[O-])cc12. The van der Waals surface area contributed by atoms with Gasteiger partial charge in [0.2, 0.25) is 0 Å². The zero-order valence-corrected chi connectivity index (χ0v) is 14.6. The fraction of sp³-hybridized carbons (Fsp3) is 0.412. The number of nitro benzene ring substituents is 1. The number of fused-ring (bicyclic) bond motifs is 2. The minimum absolute atomic E-state index is 0.0795. The second-order valence-corrected chi connectivity index (χ2v) is 6.56. The van der Waals surface area contributed by atoms with Gasteiger partial charge in [-0.2, -0.15) is 5.10 Å². The highest BCUT2D eigenvalue weighted by atomic mass is 16.6. The summed E-state index contributed by atoms with van der Waals surface area (Å²) in [4.78, 5) is 22.9. The molecular formula is C17H19N7O3. The van der Waals surface area contributed by atoms with Gasteiger partial charge in [0.15, 0.2) is 5.69 Å². The van der Waals surface area contributed by atoms with E-state index < -0.39 is 4.92 Å². The molecule has 2 aromatic heterocycles. The van der Waals surface area contributed by atoms with Crippen molar-refractivity contribution >= 4 is 22.5 Å². The van der Waals surface area contributed by atoms with E-state index >= 15 is 0 Å². The van der Waals surface area contributed by atoms with Gasteiger partial charge >= 0.3 is 0 Å². The minimum Gasteiger partial charge on any atom is -0.350 e. The van der Waals surface area contributed by atoms with Crippen molar-refractivity contribution in [3.8, 4) is 0 Å². The monoisotopic (exact) mass is 369 g/mol. The predicted octanol–water partition coefficient (Wildman–Crippen LogP) is 1.76. The third-order valence-electron chi connectivity index (χ3n) is 4.79. The van der Waals surface area contributed by atoms with Gasteiger partial charge in [-0.25, -0.2) is 0 Å². The average molecular weight is 369 g/mol. The number of rotatable bonds is 5. The molecule has 0 saturated carbocycles. The van der Waals surface area contributed by atoms with Gasteiger partial charge in [-0.15, -0.1) is 10.2 Å². The standard InChI is InChI=1S/C17H19N7O3/c25-17(16-12-10-11(24(26)27)5-6-13(12)19-22-16)18-8-7-15-21-20-14-4-2-1-3-9-23(14)15/h5-6,10H,1-4,7-9H2,(H,18,25)(H,19,22). The summed E-state index contributed by atoms with van der Waals surface area (Å²) in [5, 5.41) is 29.4. The van der Waals surface area contributed by atoms with Crippen molar-refractivity contribution in [1.29, 1.82) is 0 Å². The van der Waals surface area contributed by atoms with Crippen LogP contribution in [0.5, 0.6) is 0 Å². The van der Waals surface area contributed by atoms with Gasteiger partial charge in [-0.3, -0.25) is 20.0 Å². The van der Waals surface area contributed by atoms with Crippen LogP contribution in [0.3, 0.4) is 0 Å². The first-order chi connectivity index (χ1) is 13.1. The zero-order chi connectivity index (χ0) is 18.8. The number of nitrogens with zero attached hydrogens (tertiary/aromatic N) is 5. The van der Waals surface area contributed by atoms with E-state index in [1.165, 1.54) is 18.6 Å². The molecule has 0 fully saturated rings. The van der Waals surface area contributed by atoms with E-state index in [1.807, 2.05) is 0 Å². The van der Waals surface area contributed by atoms with Gasteiger partial charge in [-0.1, -0.05) is 6.42 Å². The first-order valence-corrected chi connectivity index (χ1v) is 8.95. The van der Waals surface area contributed by atoms with Crippen LogP contribution < -0.4 is 5.32 Å². The van der Waals surface area contributed by atoms with Crippen molar-refractivity contribution in [3.05, 3.63) is 45.7 Å². The Balaban J connectivity index is 1.44. The first kappa shape index (κ1) is 17.1. The molecule has 0 bridgehead atoms. The molecule has 10 nitrogen and oxygen atoms in total. The van der Waals surface area contributed by atoms with Crippen molar-refractivity contribution in [3.63, 3.8) is 0 Å². The molecule has 0 radical (unpaired) electrons. The molecule has 0 atom stereocenters. The molecule has 3 heterocycles. The third-order valence-corrected chi connectivity index (χ3v) is 4.79. The lowest BCUT2D eigenvalue weighted by molar-refractivity contribution is -0.384. The Morgan fingerprint density at radius 1 is 1.30 bits per heavy atom. The Morgan fingerprint density at radius 3 is 3.04 bits per heavy atom. The van der Waals surface area contributed by atoms with Crippen molar-refractivity contribution in [2.75, 3.05) is 6.54 Å². The molecule has 10 heteroatoms. The molecule has 1 aliphatic rings. The molecule has 0 unspecified atom stereocenters. The second kappa shape index (κ2) is 7.14. The quantitative estimate of drug-likeness (QED) is 0.520. The molecule has 3 aromatic rings. The number of aromatic amines is 1. The number of non-ortho nitro benzene ring substituents is 1. The van der Waals surface area contributed by atoms with Crippen LogP contribution in [-0.4, -0.2) is 42.3 Å². The summed E-state index contributed by atoms with van der Waals surface area (Å²) in [6, 6.07) is 4.27. The summed E-state index contributed by atoms with van der Waals surface area (Å²) in [5.41, 5.74) is 0.645. The van der Waals surface area contributed by atoms with E-state index in [0.717, 1.165) is 37.5 Å². The Kier molecular flexibility index (Phi) is 4.53. The summed E-state index contributed by atoms with van der Waals surface area (Å²) >= 11 is 0. The van der Waals surface area contributed by atoms with Crippen molar-refractivity contribution < 1.29 is 9.72 Å². The van der Waals surface area contributed by atoms with Crippen LogP contribution in [0.25, 0.3) is 10.9 Å². The third kappa shape index (κ3) is 3.37. The normalized spacial score (nSPS) is 13.9. The predicted molar refractivity (Wildman–Crippen MR) is 96.4 cm³/mol. The molecule has 27 heavy (non-hydrogen) atoms. The van der Waals surface area contributed by atoms with Crippen LogP contribution in [0.4, 0.5) is 5.69 Å². The Morgan fingerprint density at radius 2 is 2.19 bits per heavy atom. The Bertz CT molecular complexity index is 1010. The Labute approximate surface area is 154 Å². The largest absolute Gasteiger partial charge is 0.350 e. The topological polar surface area (TPSA) is 132 Å². The first-order valence-electron chi connectivity index (χ1n) is 8.95. The van der Waals surface area contributed by atoms with Crippen LogP contribution in [0, 0.1) is 10.1 Å². The van der Waals surface area contributed by atoms with Crippen LogP contribution in [0.15, 0.2) is 18.2 Å². The highest BCUT2D eigenvalue weighted by Gasteiger charge is 2.18. The van der Waals surface area contributed by atoms with Gasteiger partial charge in [-0.05, 0) is 18.9 Å². The summed E-state index contributed by atoms with van der Waals surface area (Å²) in [7, 11) is 0. The molecule has 0 saturated heterocycles. The summed E-state index contributed by atoms with van der Waals surface area (Å²) in [6.45, 7) is 1.31. The number of amides is 1. The lowest BCUT2D eigenvalue weighted by Gasteiger charge is -2.07. The molecule has 2 N–H and O–H groups in total. The molecule has 1 amide bonds. The highest BCUT2D eigenvalue weighted by Crippen LogP contribution is 2.22. The van der Waals surface area contributed by atoms with E-state index in [4.69, 9.17) is 0 Å². The molecule has 4 rings (SSSR count). The zero-order valence-electron chi connectivity index (χ0n) is 14.6. The fourth-order valence-corrected chi connectivity index (χ4v) is 3.39. The maximum Gasteiger partial charge on any atom is 0.272 e. The smallest absolute Gasteiger partial charge is 0.272 e. The lowest BCUT2D eigenvalue weighted by Crippen LogP contribution is -2.27. The summed E-state index contributed by atoms with van der Waals surface area (Å²) < 4.78 is 2.15.